The van der Waals surface area contributed by atoms with Gasteiger partial charge in [-0.3, -0.25) is 0 Å². The molecule has 0 aliphatic carbocycles. The van der Waals surface area contributed by atoms with E-state index >= 15 is 0 Å². The normalized spacial score (nSPS) is 10.4. The first-order chi connectivity index (χ1) is 21.0. The molecule has 0 aliphatic rings. The van der Waals surface area contributed by atoms with Gasteiger partial charge in [-0.15, -0.1) is 0 Å². The minimum Gasteiger partial charge on any atom is -0.494 e. The van der Waals surface area contributed by atoms with Crippen molar-refractivity contribution in [1.29, 1.82) is 0 Å². The van der Waals surface area contributed by atoms with Crippen LogP contribution in [0.25, 0.3) is 0 Å². The van der Waals surface area contributed by atoms with Crippen LogP contribution in [0.5, 0.6) is 23.0 Å². The van der Waals surface area contributed by atoms with Crippen LogP contribution in [0.3, 0.4) is 0 Å². The Kier molecular flexibility index (Phi) is 14.4. The van der Waals surface area contributed by atoms with Crippen molar-refractivity contribution in [2.75, 3.05) is 19.8 Å². The van der Waals surface area contributed by atoms with Gasteiger partial charge in [-0.25, -0.2) is 14.4 Å². The highest BCUT2D eigenvalue weighted by Gasteiger charge is 2.12. The minimum atomic E-state index is -0.513. The van der Waals surface area contributed by atoms with Gasteiger partial charge in [-0.2, -0.15) is 0 Å². The van der Waals surface area contributed by atoms with Gasteiger partial charge in [0.2, 0.25) is 0 Å². The second kappa shape index (κ2) is 18.8. The van der Waals surface area contributed by atoms with E-state index in [2.05, 4.69) is 13.5 Å². The first-order valence-electron chi connectivity index (χ1n) is 14.8. The van der Waals surface area contributed by atoms with Gasteiger partial charge in [0.25, 0.3) is 0 Å². The molecule has 0 saturated carbocycles. The molecule has 3 rings (SSSR count). The molecule has 0 unspecified atom stereocenters. The molecule has 0 amide bonds. The van der Waals surface area contributed by atoms with Gasteiger partial charge in [-0.05, 0) is 105 Å². The Morgan fingerprint density at radius 2 is 0.953 bits per heavy atom. The van der Waals surface area contributed by atoms with Crippen LogP contribution in [0.1, 0.15) is 79.0 Å². The summed E-state index contributed by atoms with van der Waals surface area (Å²) in [7, 11) is 0. The van der Waals surface area contributed by atoms with Gasteiger partial charge >= 0.3 is 17.9 Å². The van der Waals surface area contributed by atoms with E-state index in [0.29, 0.717) is 48.2 Å². The standard InChI is InChI=1S/C35H40O8/c1-3-5-6-9-24-39-29-16-12-27(13-17-29)34(37)42-31-20-22-32(23-21-31)43-35(38)28-14-18-30(19-15-28)40-25-10-7-8-11-26-41-33(36)4-2/h4,12-23H,2-3,5-11,24-26H2,1H3. The van der Waals surface area contributed by atoms with Gasteiger partial charge in [0.05, 0.1) is 30.9 Å². The van der Waals surface area contributed by atoms with Gasteiger partial charge in [0.1, 0.15) is 23.0 Å². The smallest absolute Gasteiger partial charge is 0.343 e. The Bertz CT molecular complexity index is 1280. The monoisotopic (exact) mass is 588 g/mol. The van der Waals surface area contributed by atoms with Crippen molar-refractivity contribution in [3.8, 4) is 23.0 Å². The predicted octanol–water partition coefficient (Wildman–Crippen LogP) is 7.75. The SMILES string of the molecule is C=CC(=O)OCCCCCCOc1ccc(C(=O)Oc2ccc(OC(=O)c3ccc(OCCCCCC)cc3)cc2)cc1. The lowest BCUT2D eigenvalue weighted by Gasteiger charge is -2.09. The Morgan fingerprint density at radius 3 is 1.37 bits per heavy atom. The van der Waals surface area contributed by atoms with Crippen LogP contribution in [0.2, 0.25) is 0 Å². The highest BCUT2D eigenvalue weighted by Crippen LogP contribution is 2.21. The molecule has 8 heteroatoms. The Hall–Kier alpha value is -4.59. The van der Waals surface area contributed by atoms with Gasteiger partial charge in [0.15, 0.2) is 0 Å². The second-order valence-corrected chi connectivity index (χ2v) is 9.84. The molecular weight excluding hydrogens is 548 g/mol. The first kappa shape index (κ1) is 32.9. The zero-order valence-electron chi connectivity index (χ0n) is 24.8. The summed E-state index contributed by atoms with van der Waals surface area (Å²) in [6.07, 6.45) is 9.24. The van der Waals surface area contributed by atoms with Crippen molar-refractivity contribution in [1.82, 2.24) is 0 Å². The molecule has 0 bridgehead atoms. The zero-order valence-corrected chi connectivity index (χ0v) is 24.8. The lowest BCUT2D eigenvalue weighted by atomic mass is 10.2. The molecule has 43 heavy (non-hydrogen) atoms. The van der Waals surface area contributed by atoms with E-state index in [-0.39, 0.29) is 0 Å². The second-order valence-electron chi connectivity index (χ2n) is 9.84. The maximum Gasteiger partial charge on any atom is 0.343 e. The molecule has 0 aliphatic heterocycles. The number of carbonyl (C=O) groups is 3. The molecule has 0 spiro atoms. The fourth-order valence-corrected chi connectivity index (χ4v) is 3.98. The fraction of sp³-hybridized carbons (Fsp3) is 0.343. The van der Waals surface area contributed by atoms with Crippen LogP contribution < -0.4 is 18.9 Å². The number of unbranched alkanes of at least 4 members (excludes halogenated alkanes) is 6. The lowest BCUT2D eigenvalue weighted by molar-refractivity contribution is -0.137. The van der Waals surface area contributed by atoms with E-state index in [4.69, 9.17) is 23.7 Å². The van der Waals surface area contributed by atoms with Crippen LogP contribution in [0, 0.1) is 0 Å². The van der Waals surface area contributed by atoms with E-state index in [9.17, 15) is 14.4 Å². The van der Waals surface area contributed by atoms with E-state index in [0.717, 1.165) is 50.4 Å². The third-order valence-electron chi connectivity index (χ3n) is 6.41. The molecule has 3 aromatic rings. The van der Waals surface area contributed by atoms with Crippen molar-refractivity contribution in [2.24, 2.45) is 0 Å². The molecule has 228 valence electrons. The van der Waals surface area contributed by atoms with Crippen LogP contribution in [-0.2, 0) is 9.53 Å². The number of benzene rings is 3. The maximum absolute atomic E-state index is 12.6. The Balaban J connectivity index is 1.36. The third kappa shape index (κ3) is 12.4. The van der Waals surface area contributed by atoms with Crippen molar-refractivity contribution >= 4 is 17.9 Å². The molecule has 3 aromatic carbocycles. The minimum absolute atomic E-state index is 0.324. The summed E-state index contributed by atoms with van der Waals surface area (Å²) in [6, 6.07) is 19.9. The summed E-state index contributed by atoms with van der Waals surface area (Å²) in [6.45, 7) is 7.13. The molecular formula is C35H40O8. The highest BCUT2D eigenvalue weighted by atomic mass is 16.5. The fourth-order valence-electron chi connectivity index (χ4n) is 3.98. The van der Waals surface area contributed by atoms with Crippen molar-refractivity contribution in [3.63, 3.8) is 0 Å². The molecule has 0 fully saturated rings. The molecule has 8 nitrogen and oxygen atoms in total. The number of ether oxygens (including phenoxy) is 5. The van der Waals surface area contributed by atoms with Crippen molar-refractivity contribution < 1.29 is 38.1 Å². The Labute approximate surface area is 253 Å². The van der Waals surface area contributed by atoms with Crippen LogP contribution in [0.4, 0.5) is 0 Å². The number of carbonyl (C=O) groups excluding carboxylic acids is 3. The molecule has 0 atom stereocenters. The first-order valence-corrected chi connectivity index (χ1v) is 14.8. The summed E-state index contributed by atoms with van der Waals surface area (Å²) in [5, 5.41) is 0. The number of hydrogen-bond acceptors (Lipinski definition) is 8. The van der Waals surface area contributed by atoms with E-state index in [1.165, 1.54) is 12.8 Å². The lowest BCUT2D eigenvalue weighted by Crippen LogP contribution is -2.09. The quantitative estimate of drug-likeness (QED) is 0.0607. The van der Waals surface area contributed by atoms with E-state index in [1.54, 1.807) is 72.8 Å². The van der Waals surface area contributed by atoms with Crippen molar-refractivity contribution in [3.05, 3.63) is 96.6 Å². The topological polar surface area (TPSA) is 97.4 Å². The Morgan fingerprint density at radius 1 is 0.558 bits per heavy atom. The zero-order chi connectivity index (χ0) is 30.7. The molecule has 0 N–H and O–H groups in total. The van der Waals surface area contributed by atoms with Crippen LogP contribution in [-0.4, -0.2) is 37.7 Å². The summed E-state index contributed by atoms with van der Waals surface area (Å²) in [4.78, 5) is 36.1. The van der Waals surface area contributed by atoms with Gasteiger partial charge in [0, 0.05) is 6.08 Å². The predicted molar refractivity (Wildman–Crippen MR) is 164 cm³/mol. The van der Waals surface area contributed by atoms with Crippen molar-refractivity contribution in [2.45, 2.75) is 58.3 Å². The molecule has 0 heterocycles. The summed E-state index contributed by atoms with van der Waals surface area (Å²) < 4.78 is 27.3. The maximum atomic E-state index is 12.6. The molecule has 0 saturated heterocycles. The summed E-state index contributed by atoms with van der Waals surface area (Å²) >= 11 is 0. The average molecular weight is 589 g/mol. The molecule has 0 radical (unpaired) electrons. The van der Waals surface area contributed by atoms with Crippen LogP contribution >= 0.6 is 0 Å². The van der Waals surface area contributed by atoms with Gasteiger partial charge < -0.3 is 23.7 Å². The van der Waals surface area contributed by atoms with E-state index < -0.39 is 17.9 Å². The number of rotatable bonds is 19. The summed E-state index contributed by atoms with van der Waals surface area (Å²) in [5.74, 6) is 0.629. The largest absolute Gasteiger partial charge is 0.494 e. The molecule has 0 aromatic heterocycles. The van der Waals surface area contributed by atoms with Crippen LogP contribution in [0.15, 0.2) is 85.5 Å². The highest BCUT2D eigenvalue weighted by molar-refractivity contribution is 5.92. The number of hydrogen-bond donors (Lipinski definition) is 0. The third-order valence-corrected chi connectivity index (χ3v) is 6.41. The van der Waals surface area contributed by atoms with E-state index in [1.807, 2.05) is 0 Å². The number of esters is 3. The summed E-state index contributed by atoms with van der Waals surface area (Å²) in [5.41, 5.74) is 0.787. The average Bonchev–Trinajstić information content (AvgIpc) is 3.03. The van der Waals surface area contributed by atoms with Gasteiger partial charge in [-0.1, -0.05) is 32.8 Å².